The molecule has 0 radical (unpaired) electrons. The summed E-state index contributed by atoms with van der Waals surface area (Å²) >= 11 is 0. The predicted octanol–water partition coefficient (Wildman–Crippen LogP) is 2.66. The van der Waals surface area contributed by atoms with E-state index in [2.05, 4.69) is 4.74 Å². The van der Waals surface area contributed by atoms with Crippen LogP contribution in [0.3, 0.4) is 0 Å². The number of imide groups is 3. The highest BCUT2D eigenvalue weighted by Crippen LogP contribution is 2.50. The van der Waals surface area contributed by atoms with E-state index in [4.69, 9.17) is 4.65 Å². The van der Waals surface area contributed by atoms with Crippen molar-refractivity contribution in [3.8, 4) is 5.75 Å². The number of benzene rings is 1. The minimum atomic E-state index is -1.18. The van der Waals surface area contributed by atoms with Crippen LogP contribution in [0.5, 0.6) is 5.75 Å². The summed E-state index contributed by atoms with van der Waals surface area (Å²) in [7, 11) is -0.0920. The summed E-state index contributed by atoms with van der Waals surface area (Å²) in [5, 5.41) is 30.0. The molecule has 1 aliphatic carbocycles. The molecule has 1 aromatic carbocycles. The number of ether oxygens (including phenoxy) is 1. The predicted molar refractivity (Wildman–Crippen MR) is 127 cm³/mol. The number of likely N-dealkylation sites (tertiary alicyclic amines) is 1. The van der Waals surface area contributed by atoms with E-state index in [-0.39, 0.29) is 19.3 Å². The molecule has 0 saturated carbocycles. The molecule has 0 unspecified atom stereocenters. The van der Waals surface area contributed by atoms with E-state index in [1.54, 1.807) is 6.07 Å². The highest BCUT2D eigenvalue weighted by Gasteiger charge is 2.59. The number of nitrogens with zero attached hydrogens (tertiary/aromatic N) is 1. The fourth-order valence-corrected chi connectivity index (χ4v) is 5.70. The lowest BCUT2D eigenvalue weighted by atomic mass is 9.58. The topological polar surface area (TPSA) is 134 Å². The first-order chi connectivity index (χ1) is 17.2. The largest absolute Gasteiger partial charge is 0.505 e. The van der Waals surface area contributed by atoms with Gasteiger partial charge in [-0.05, 0) is 66.8 Å². The zero-order valence-electron chi connectivity index (χ0n) is 20.1. The van der Waals surface area contributed by atoms with Gasteiger partial charge in [-0.25, -0.2) is 9.18 Å². The molecule has 3 amide bonds. The normalized spacial score (nSPS) is 26.3. The number of methoxy groups -OCH3 is 1. The molecule has 2 fully saturated rings. The summed E-state index contributed by atoms with van der Waals surface area (Å²) in [6, 6.07) is 4.13. The number of allylic oxidation sites excluding steroid dienone is 1. The SMILES string of the molecule is CC/C(=C\c1ccc(O)c(F)c1)CC[C@H]1OB(O)C[C@H]2C1=C(CO)C[C@H]1C(=O)N(C(=O)OC)C(=O)[C@H]12. The second-order valence-electron chi connectivity index (χ2n) is 9.36. The molecule has 11 heteroatoms. The van der Waals surface area contributed by atoms with Crippen LogP contribution in [0.25, 0.3) is 6.08 Å². The quantitative estimate of drug-likeness (QED) is 0.308. The van der Waals surface area contributed by atoms with Crippen LogP contribution in [0.1, 0.15) is 38.2 Å². The third-order valence-electron chi connectivity index (χ3n) is 7.38. The van der Waals surface area contributed by atoms with Gasteiger partial charge < -0.3 is 24.6 Å². The third-order valence-corrected chi connectivity index (χ3v) is 7.38. The monoisotopic (exact) mass is 501 g/mol. The highest BCUT2D eigenvalue weighted by molar-refractivity contribution is 6.43. The van der Waals surface area contributed by atoms with Gasteiger partial charge in [-0.15, -0.1) is 0 Å². The minimum Gasteiger partial charge on any atom is -0.505 e. The molecule has 2 saturated heterocycles. The maximum atomic E-state index is 13.7. The molecule has 4 rings (SSSR count). The fraction of sp³-hybridized carbons (Fsp3) is 0.480. The van der Waals surface area contributed by atoms with Crippen LogP contribution in [0.15, 0.2) is 34.9 Å². The maximum Gasteiger partial charge on any atom is 0.455 e. The summed E-state index contributed by atoms with van der Waals surface area (Å²) in [5.41, 5.74) is 2.85. The van der Waals surface area contributed by atoms with Crippen LogP contribution >= 0.6 is 0 Å². The number of carbonyl (C=O) groups is 3. The van der Waals surface area contributed by atoms with Gasteiger partial charge in [0, 0.05) is 0 Å². The standard InChI is InChI=1S/C25H29BFNO8/c1-3-13(8-14-4-6-19(30)18(27)9-14)5-7-20-21-15(12-29)10-16-22(17(21)11-26(34)36-20)24(32)28(23(16)31)25(33)35-2/h4,6,8-9,16-17,20,22,29-30,34H,3,5,7,10-12H2,1-2H3/b13-8+/t16-,17+,20-,22-/m1/s1. The molecule has 192 valence electrons. The van der Waals surface area contributed by atoms with E-state index < -0.39 is 60.5 Å². The number of aromatic hydroxyl groups is 1. The Bertz CT molecular complexity index is 1140. The smallest absolute Gasteiger partial charge is 0.455 e. The molecule has 2 heterocycles. The molecule has 2 aliphatic heterocycles. The number of carbonyl (C=O) groups excluding carboxylic acids is 3. The number of fused-ring (bicyclic) bond motifs is 3. The number of aliphatic hydroxyl groups is 1. The average molecular weight is 501 g/mol. The Kier molecular flexibility index (Phi) is 7.63. The summed E-state index contributed by atoms with van der Waals surface area (Å²) in [4.78, 5) is 38.6. The van der Waals surface area contributed by atoms with Crippen LogP contribution in [0.2, 0.25) is 6.32 Å². The van der Waals surface area contributed by atoms with Crippen LogP contribution in [0, 0.1) is 23.6 Å². The minimum absolute atomic E-state index is 0.0633. The lowest BCUT2D eigenvalue weighted by molar-refractivity contribution is -0.137. The van der Waals surface area contributed by atoms with E-state index in [1.807, 2.05) is 13.0 Å². The van der Waals surface area contributed by atoms with E-state index in [9.17, 15) is 34.0 Å². The van der Waals surface area contributed by atoms with Gasteiger partial charge in [0.15, 0.2) is 11.6 Å². The molecule has 36 heavy (non-hydrogen) atoms. The van der Waals surface area contributed by atoms with Crippen molar-refractivity contribution < 1.29 is 43.4 Å². The van der Waals surface area contributed by atoms with Gasteiger partial charge in [-0.2, -0.15) is 4.90 Å². The van der Waals surface area contributed by atoms with Crippen LogP contribution in [0.4, 0.5) is 9.18 Å². The summed E-state index contributed by atoms with van der Waals surface area (Å²) in [6.07, 6.45) is 1.97. The number of halogens is 1. The molecular formula is C25H29BFNO8. The Labute approximate surface area is 208 Å². The first kappa shape index (κ1) is 26.1. The Balaban J connectivity index is 1.60. The van der Waals surface area contributed by atoms with Crippen molar-refractivity contribution in [1.29, 1.82) is 0 Å². The molecular weight excluding hydrogens is 472 g/mol. The van der Waals surface area contributed by atoms with Gasteiger partial charge in [0.2, 0.25) is 11.8 Å². The number of amides is 3. The van der Waals surface area contributed by atoms with E-state index in [1.165, 1.54) is 12.1 Å². The van der Waals surface area contributed by atoms with Crippen LogP contribution in [-0.2, 0) is 19.0 Å². The van der Waals surface area contributed by atoms with Crippen LogP contribution < -0.4 is 0 Å². The third kappa shape index (κ3) is 4.70. The summed E-state index contributed by atoms with van der Waals surface area (Å²) < 4.78 is 24.2. The van der Waals surface area contributed by atoms with E-state index in [0.717, 1.165) is 12.7 Å². The zero-order valence-corrected chi connectivity index (χ0v) is 20.1. The molecule has 0 bridgehead atoms. The number of rotatable bonds is 6. The van der Waals surface area contributed by atoms with Gasteiger partial charge in [0.25, 0.3) is 0 Å². The van der Waals surface area contributed by atoms with Crippen molar-refractivity contribution >= 4 is 31.1 Å². The molecule has 4 atom stereocenters. The van der Waals surface area contributed by atoms with Gasteiger partial charge in [-0.3, -0.25) is 9.59 Å². The highest BCUT2D eigenvalue weighted by atomic mass is 19.1. The van der Waals surface area contributed by atoms with Gasteiger partial charge in [0.1, 0.15) is 0 Å². The van der Waals surface area contributed by atoms with Crippen LogP contribution in [-0.4, -0.2) is 65.0 Å². The Morgan fingerprint density at radius 2 is 2.06 bits per heavy atom. The summed E-state index contributed by atoms with van der Waals surface area (Å²) in [6.45, 7) is 1.61. The molecule has 3 N–H and O–H groups in total. The fourth-order valence-electron chi connectivity index (χ4n) is 5.70. The number of phenols is 1. The van der Waals surface area contributed by atoms with Crippen molar-refractivity contribution in [3.05, 3.63) is 46.3 Å². The zero-order chi connectivity index (χ0) is 26.1. The van der Waals surface area contributed by atoms with Gasteiger partial charge >= 0.3 is 13.2 Å². The van der Waals surface area contributed by atoms with Crippen molar-refractivity contribution in [1.82, 2.24) is 4.90 Å². The lowest BCUT2D eigenvalue weighted by Gasteiger charge is -2.42. The Morgan fingerprint density at radius 1 is 1.31 bits per heavy atom. The van der Waals surface area contributed by atoms with Crippen molar-refractivity contribution in [3.63, 3.8) is 0 Å². The second-order valence-corrected chi connectivity index (χ2v) is 9.36. The molecule has 1 aromatic rings. The molecule has 0 spiro atoms. The van der Waals surface area contributed by atoms with Gasteiger partial charge in [-0.1, -0.05) is 24.6 Å². The van der Waals surface area contributed by atoms with E-state index >= 15 is 0 Å². The van der Waals surface area contributed by atoms with Crippen molar-refractivity contribution in [2.45, 2.75) is 45.0 Å². The number of phenolic OH excluding ortho intramolecular Hbond substituents is 1. The molecule has 3 aliphatic rings. The first-order valence-electron chi connectivity index (χ1n) is 12.0. The Hall–Kier alpha value is -3.02. The lowest BCUT2D eigenvalue weighted by Crippen LogP contribution is -2.46. The molecule has 9 nitrogen and oxygen atoms in total. The first-order valence-corrected chi connectivity index (χ1v) is 12.0. The molecule has 0 aromatic heterocycles. The van der Waals surface area contributed by atoms with Crippen molar-refractivity contribution in [2.75, 3.05) is 13.7 Å². The maximum absolute atomic E-state index is 13.7. The summed E-state index contributed by atoms with van der Waals surface area (Å²) in [5.74, 6) is -4.67. The number of hydrogen-bond donors (Lipinski definition) is 3. The average Bonchev–Trinajstić information content (AvgIpc) is 3.12. The van der Waals surface area contributed by atoms with Crippen molar-refractivity contribution in [2.24, 2.45) is 17.8 Å². The van der Waals surface area contributed by atoms with Gasteiger partial charge in [0.05, 0.1) is 31.7 Å². The number of hydrogen-bond acceptors (Lipinski definition) is 8. The Morgan fingerprint density at radius 3 is 2.69 bits per heavy atom. The second kappa shape index (κ2) is 10.5. The van der Waals surface area contributed by atoms with E-state index in [0.29, 0.717) is 40.9 Å². The number of aliphatic hydroxyl groups excluding tert-OH is 1.